The zero-order valence-corrected chi connectivity index (χ0v) is 12.5. The largest absolute Gasteiger partial charge is 0.416 e. The molecule has 0 unspecified atom stereocenters. The van der Waals surface area contributed by atoms with E-state index in [9.17, 15) is 13.2 Å². The molecule has 2 aromatic rings. The summed E-state index contributed by atoms with van der Waals surface area (Å²) in [5.41, 5.74) is 7.10. The maximum absolute atomic E-state index is 12.7. The molecule has 1 aromatic carbocycles. The van der Waals surface area contributed by atoms with E-state index >= 15 is 0 Å². The van der Waals surface area contributed by atoms with Gasteiger partial charge in [0.25, 0.3) is 0 Å². The molecule has 0 bridgehead atoms. The number of halogens is 4. The highest BCUT2D eigenvalue weighted by atomic mass is 35.5. The fourth-order valence-corrected chi connectivity index (χ4v) is 1.78. The maximum Gasteiger partial charge on any atom is 0.416 e. The van der Waals surface area contributed by atoms with Gasteiger partial charge < -0.3 is 10.3 Å². The van der Waals surface area contributed by atoms with Gasteiger partial charge in [0.15, 0.2) is 5.82 Å². The third-order valence-electron chi connectivity index (χ3n) is 2.72. The summed E-state index contributed by atoms with van der Waals surface area (Å²) in [4.78, 5) is 4.02. The molecule has 0 aliphatic rings. The summed E-state index contributed by atoms with van der Waals surface area (Å²) in [6.45, 7) is 0.214. The van der Waals surface area contributed by atoms with Gasteiger partial charge >= 0.3 is 6.18 Å². The molecule has 2 rings (SSSR count). The Balaban J connectivity index is 0.00000264. The van der Waals surface area contributed by atoms with Crippen LogP contribution in [0.4, 0.5) is 13.2 Å². The quantitative estimate of drug-likeness (QED) is 0.450. The minimum Gasteiger partial charge on any atom is -0.369 e. The van der Waals surface area contributed by atoms with Crippen molar-refractivity contribution in [1.29, 1.82) is 5.41 Å². The topological polar surface area (TPSA) is 92.1 Å². The van der Waals surface area contributed by atoms with Crippen LogP contribution in [0.5, 0.6) is 0 Å². The van der Waals surface area contributed by atoms with Crippen molar-refractivity contribution in [2.75, 3.05) is 0 Å². The van der Waals surface area contributed by atoms with E-state index in [-0.39, 0.29) is 24.9 Å². The van der Waals surface area contributed by atoms with Crippen molar-refractivity contribution in [2.24, 2.45) is 10.8 Å². The number of alkyl halides is 3. The van der Waals surface area contributed by atoms with Gasteiger partial charge in [-0.1, -0.05) is 12.1 Å². The molecule has 0 saturated carbocycles. The van der Waals surface area contributed by atoms with Gasteiger partial charge in [0.05, 0.1) is 11.8 Å². The van der Waals surface area contributed by atoms with Crippen molar-refractivity contribution in [3.8, 4) is 0 Å². The lowest BCUT2D eigenvalue weighted by atomic mass is 10.1. The first-order valence-electron chi connectivity index (χ1n) is 6.16. The Morgan fingerprint density at radius 3 is 2.83 bits per heavy atom. The molecule has 0 atom stereocenters. The molecule has 4 N–H and O–H groups in total. The summed E-state index contributed by atoms with van der Waals surface area (Å²) in [6, 6.07) is 5.08. The first-order valence-corrected chi connectivity index (χ1v) is 6.16. The number of guanidine groups is 1. The molecule has 124 valence electrons. The lowest BCUT2D eigenvalue weighted by Crippen LogP contribution is -2.25. The fraction of sp³-hybridized carbons (Fsp3) is 0.154. The lowest BCUT2D eigenvalue weighted by Gasteiger charge is -2.10. The summed E-state index contributed by atoms with van der Waals surface area (Å²) in [5, 5.41) is 10.6. The van der Waals surface area contributed by atoms with E-state index in [1.807, 2.05) is 0 Å². The van der Waals surface area contributed by atoms with E-state index in [2.05, 4.69) is 15.5 Å². The molecule has 0 aliphatic heterocycles. The van der Waals surface area contributed by atoms with Crippen LogP contribution in [-0.2, 0) is 12.7 Å². The van der Waals surface area contributed by atoms with Crippen molar-refractivity contribution in [1.82, 2.24) is 15.0 Å². The minimum absolute atomic E-state index is 0. The van der Waals surface area contributed by atoms with Crippen LogP contribution in [0.25, 0.3) is 0 Å². The number of imidazole rings is 1. The Morgan fingerprint density at radius 2 is 2.17 bits per heavy atom. The number of hydrogen-bond acceptors (Lipinski definition) is 3. The third-order valence-corrected chi connectivity index (χ3v) is 2.72. The van der Waals surface area contributed by atoms with E-state index in [4.69, 9.17) is 11.1 Å². The van der Waals surface area contributed by atoms with E-state index in [1.165, 1.54) is 18.5 Å². The molecule has 0 amide bonds. The Hall–Kier alpha value is -2.55. The van der Waals surface area contributed by atoms with Gasteiger partial charge in [0.1, 0.15) is 0 Å². The SMILES string of the molecule is Cl.N=C(N)N/N=C\c1nccn1Cc1cccc(C(F)(F)F)c1. The summed E-state index contributed by atoms with van der Waals surface area (Å²) in [7, 11) is 0. The van der Waals surface area contributed by atoms with Crippen molar-refractivity contribution >= 4 is 24.6 Å². The number of nitrogens with zero attached hydrogens (tertiary/aromatic N) is 3. The zero-order valence-electron chi connectivity index (χ0n) is 11.7. The van der Waals surface area contributed by atoms with Crippen molar-refractivity contribution in [3.05, 3.63) is 53.6 Å². The minimum atomic E-state index is -4.37. The summed E-state index contributed by atoms with van der Waals surface area (Å²) >= 11 is 0. The highest BCUT2D eigenvalue weighted by molar-refractivity contribution is 5.85. The molecule has 23 heavy (non-hydrogen) atoms. The van der Waals surface area contributed by atoms with Crippen LogP contribution in [0.1, 0.15) is 17.0 Å². The van der Waals surface area contributed by atoms with Crippen molar-refractivity contribution < 1.29 is 13.2 Å². The van der Waals surface area contributed by atoms with Crippen LogP contribution >= 0.6 is 12.4 Å². The highest BCUT2D eigenvalue weighted by Crippen LogP contribution is 2.29. The van der Waals surface area contributed by atoms with Crippen LogP contribution in [0, 0.1) is 5.41 Å². The first kappa shape index (κ1) is 18.5. The molecule has 0 fully saturated rings. The average Bonchev–Trinajstić information content (AvgIpc) is 2.85. The maximum atomic E-state index is 12.7. The molecule has 10 heteroatoms. The van der Waals surface area contributed by atoms with Crippen molar-refractivity contribution in [2.45, 2.75) is 12.7 Å². The second-order valence-electron chi connectivity index (χ2n) is 4.40. The molecular formula is C13H14ClF3N6. The molecule has 1 aromatic heterocycles. The molecule has 0 aliphatic carbocycles. The summed E-state index contributed by atoms with van der Waals surface area (Å²) in [5.74, 6) is 0.0957. The van der Waals surface area contributed by atoms with Crippen LogP contribution in [0.2, 0.25) is 0 Å². The van der Waals surface area contributed by atoms with Gasteiger partial charge in [-0.2, -0.15) is 18.3 Å². The second kappa shape index (κ2) is 7.63. The van der Waals surface area contributed by atoms with Gasteiger partial charge in [0, 0.05) is 18.9 Å². The van der Waals surface area contributed by atoms with Gasteiger partial charge in [0.2, 0.25) is 5.96 Å². The van der Waals surface area contributed by atoms with Crippen LogP contribution in [0.15, 0.2) is 41.8 Å². The second-order valence-corrected chi connectivity index (χ2v) is 4.40. The van der Waals surface area contributed by atoms with E-state index in [1.54, 1.807) is 16.8 Å². The number of hydrogen-bond donors (Lipinski definition) is 3. The Kier molecular flexibility index (Phi) is 6.14. The molecule has 0 radical (unpaired) electrons. The third kappa shape index (κ3) is 5.29. The normalized spacial score (nSPS) is 11.3. The molecule has 0 saturated heterocycles. The summed E-state index contributed by atoms with van der Waals surface area (Å²) < 4.78 is 39.7. The van der Waals surface area contributed by atoms with Gasteiger partial charge in [-0.25, -0.2) is 10.4 Å². The van der Waals surface area contributed by atoms with Gasteiger partial charge in [-0.15, -0.1) is 12.4 Å². The van der Waals surface area contributed by atoms with Crippen LogP contribution in [-0.4, -0.2) is 21.7 Å². The first-order chi connectivity index (χ1) is 10.4. The van der Waals surface area contributed by atoms with Gasteiger partial charge in [-0.3, -0.25) is 5.41 Å². The number of nitrogens with two attached hydrogens (primary N) is 1. The van der Waals surface area contributed by atoms with Crippen LogP contribution in [0.3, 0.4) is 0 Å². The average molecular weight is 347 g/mol. The standard InChI is InChI=1S/C13H13F3N6.ClH/c14-13(15,16)10-3-1-2-9(6-10)8-22-5-4-19-11(22)7-20-21-12(17)18;/h1-7H,8H2,(H4,17,18,21);1H/b20-7-;. The Labute approximate surface area is 136 Å². The Bertz CT molecular complexity index is 695. The van der Waals surface area contributed by atoms with Crippen molar-refractivity contribution in [3.63, 3.8) is 0 Å². The van der Waals surface area contributed by atoms with Gasteiger partial charge in [-0.05, 0) is 17.7 Å². The number of hydrazone groups is 1. The number of nitrogens with one attached hydrogen (secondary N) is 2. The van der Waals surface area contributed by atoms with E-state index in [0.29, 0.717) is 11.4 Å². The highest BCUT2D eigenvalue weighted by Gasteiger charge is 2.30. The zero-order chi connectivity index (χ0) is 16.2. The number of rotatable bonds is 4. The Morgan fingerprint density at radius 1 is 1.43 bits per heavy atom. The smallest absolute Gasteiger partial charge is 0.369 e. The predicted molar refractivity (Wildman–Crippen MR) is 82.7 cm³/mol. The molecular weight excluding hydrogens is 333 g/mol. The molecule has 0 spiro atoms. The predicted octanol–water partition coefficient (Wildman–Crippen LogP) is 2.19. The van der Waals surface area contributed by atoms with E-state index < -0.39 is 11.7 Å². The summed E-state index contributed by atoms with van der Waals surface area (Å²) in [6.07, 6.45) is 0.0771. The van der Waals surface area contributed by atoms with Crippen LogP contribution < -0.4 is 11.2 Å². The fourth-order valence-electron chi connectivity index (χ4n) is 1.78. The monoisotopic (exact) mass is 346 g/mol. The van der Waals surface area contributed by atoms with E-state index in [0.717, 1.165) is 12.1 Å². The molecule has 6 nitrogen and oxygen atoms in total. The lowest BCUT2D eigenvalue weighted by molar-refractivity contribution is -0.137. The molecule has 1 heterocycles. The number of aromatic nitrogens is 2. The number of benzene rings is 1.